The first-order valence-electron chi connectivity index (χ1n) is 8.83. The molecule has 1 unspecified atom stereocenters. The molecule has 1 atom stereocenters. The van der Waals surface area contributed by atoms with E-state index in [0.29, 0.717) is 9.57 Å². The normalized spacial score (nSPS) is 21.2. The number of hydrogen-bond donors (Lipinski definition) is 2. The van der Waals surface area contributed by atoms with Crippen LogP contribution in [0.3, 0.4) is 0 Å². The predicted molar refractivity (Wildman–Crippen MR) is 108 cm³/mol. The van der Waals surface area contributed by atoms with Gasteiger partial charge in [0.05, 0.1) is 0 Å². The molecule has 0 amide bonds. The first kappa shape index (κ1) is 23.2. The molecule has 2 fully saturated rings. The summed E-state index contributed by atoms with van der Waals surface area (Å²) in [7, 11) is 0. The van der Waals surface area contributed by atoms with Crippen LogP contribution in [0, 0.1) is 5.92 Å². The summed E-state index contributed by atoms with van der Waals surface area (Å²) in [5.41, 5.74) is 5.49. The molecule has 0 heterocycles. The van der Waals surface area contributed by atoms with Crippen LogP contribution >= 0.6 is 24.0 Å². The molecule has 0 aromatic rings. The molecule has 2 aliphatic rings. The van der Waals surface area contributed by atoms with Crippen LogP contribution in [0.4, 0.5) is 0 Å². The third-order valence-corrected chi connectivity index (χ3v) is 5.99. The average Bonchev–Trinajstić information content (AvgIpc) is 2.49. The molecule has 0 aromatic carbocycles. The molecule has 3 N–H and O–H groups in total. The molecule has 2 saturated carbocycles. The van der Waals surface area contributed by atoms with Gasteiger partial charge in [0.25, 0.3) is 0 Å². The molecule has 0 aliphatic heterocycles. The summed E-state index contributed by atoms with van der Waals surface area (Å²) in [6.45, 7) is 5.58. The molecule has 2 nitrogen and oxygen atoms in total. The van der Waals surface area contributed by atoms with Crippen molar-refractivity contribution in [2.45, 2.75) is 89.3 Å². The van der Waals surface area contributed by atoms with E-state index in [9.17, 15) is 0 Å². The van der Waals surface area contributed by atoms with Gasteiger partial charge in [-0.25, -0.2) is 0 Å². The molecule has 0 saturated heterocycles. The Hall–Kier alpha value is 1.20. The fourth-order valence-electron chi connectivity index (χ4n) is 3.48. The van der Waals surface area contributed by atoms with Crippen molar-refractivity contribution < 1.29 is 0 Å². The Balaban J connectivity index is 0.000000397. The number of thiocarbonyl (C=S) groups is 1. The molecule has 2 aliphatic carbocycles. The van der Waals surface area contributed by atoms with Crippen molar-refractivity contribution in [1.29, 1.82) is 0 Å². The van der Waals surface area contributed by atoms with E-state index in [1.165, 1.54) is 64.2 Å². The molecule has 22 heavy (non-hydrogen) atoms. The van der Waals surface area contributed by atoms with Crippen molar-refractivity contribution in [3.63, 3.8) is 0 Å². The second-order valence-corrected chi connectivity index (χ2v) is 8.55. The zero-order valence-corrected chi connectivity index (χ0v) is 15.5. The number of thioether (sulfide) groups is 1. The third-order valence-electron chi connectivity index (χ3n) is 4.71. The minimum atomic E-state index is 0. The van der Waals surface area contributed by atoms with E-state index in [1.54, 1.807) is 11.8 Å². The van der Waals surface area contributed by atoms with Crippen molar-refractivity contribution in [2.75, 3.05) is 6.54 Å². The summed E-state index contributed by atoms with van der Waals surface area (Å²) < 4.78 is 0.605. The van der Waals surface area contributed by atoms with E-state index >= 15 is 0 Å². The summed E-state index contributed by atoms with van der Waals surface area (Å²) >= 11 is 6.55. The zero-order chi connectivity index (χ0) is 15.5. The maximum atomic E-state index is 5.49. The molecule has 0 bridgehead atoms. The average molecular weight is 355 g/mol. The summed E-state index contributed by atoms with van der Waals surface area (Å²) in [6.07, 6.45) is 14.1. The van der Waals surface area contributed by atoms with Crippen molar-refractivity contribution in [3.05, 3.63) is 0 Å². The third kappa shape index (κ3) is 10.9. The van der Waals surface area contributed by atoms with Crippen LogP contribution in [0.5, 0.6) is 0 Å². The van der Waals surface area contributed by atoms with Crippen molar-refractivity contribution in [3.8, 4) is 0 Å². The van der Waals surface area contributed by atoms with E-state index in [4.69, 9.17) is 18.0 Å². The van der Waals surface area contributed by atoms with Gasteiger partial charge in [-0.2, -0.15) is 0 Å². The Morgan fingerprint density at radius 1 is 1.09 bits per heavy atom. The van der Waals surface area contributed by atoms with Gasteiger partial charge in [-0.05, 0) is 38.1 Å². The molecule has 2 rings (SSSR count). The van der Waals surface area contributed by atoms with Crippen LogP contribution < -0.4 is 11.1 Å². The number of nitrogens with one attached hydrogen (secondary N) is 1. The van der Waals surface area contributed by atoms with E-state index in [1.807, 2.05) is 0 Å². The Kier molecular flexibility index (Phi) is 15.3. The summed E-state index contributed by atoms with van der Waals surface area (Å²) in [4.78, 5) is 0. The van der Waals surface area contributed by atoms with E-state index in [-0.39, 0.29) is 29.6 Å². The minimum absolute atomic E-state index is 0. The first-order chi connectivity index (χ1) is 10.1. The van der Waals surface area contributed by atoms with Crippen LogP contribution in [0.25, 0.3) is 0 Å². The van der Waals surface area contributed by atoms with E-state index in [0.717, 1.165) is 18.5 Å². The fraction of sp³-hybridized carbons (Fsp3) is 0.941. The van der Waals surface area contributed by atoms with Gasteiger partial charge in [-0.1, -0.05) is 76.4 Å². The quantitative estimate of drug-likeness (QED) is 0.586. The number of rotatable bonds is 4. The Labute approximate surface area is 169 Å². The van der Waals surface area contributed by atoms with Crippen LogP contribution in [0.1, 0.15) is 78.1 Å². The number of hydrogen-bond acceptors (Lipinski definition) is 3. The molecule has 5 heteroatoms. The molecule has 0 aromatic heterocycles. The first-order valence-corrected chi connectivity index (χ1v) is 10.1. The molecule has 126 valence electrons. The van der Waals surface area contributed by atoms with Gasteiger partial charge in [-0.3, -0.25) is 0 Å². The number of nitrogens with two attached hydrogens (primary N) is 1. The Bertz CT molecular complexity index is 275. The maximum absolute atomic E-state index is 5.49. The monoisotopic (exact) mass is 354 g/mol. The van der Waals surface area contributed by atoms with Crippen molar-refractivity contribution in [2.24, 2.45) is 11.7 Å². The molecular formula is C17H35N2NaS2. The Morgan fingerprint density at radius 3 is 2.05 bits per heavy atom. The summed E-state index contributed by atoms with van der Waals surface area (Å²) in [5.74, 6) is 0.852. The van der Waals surface area contributed by atoms with Gasteiger partial charge in [0.2, 0.25) is 0 Å². The van der Waals surface area contributed by atoms with Crippen LogP contribution in [-0.4, -0.2) is 51.7 Å². The van der Waals surface area contributed by atoms with Gasteiger partial charge in [0.1, 0.15) is 4.32 Å². The standard InChI is InChI=1S/C9H17NS2.C8H17N.Na.H/c1-7(12-9(10)11)8-5-3-2-4-6-8;1-2-9-8-6-4-3-5-7-8;;/h7-8H,2-6H2,1H3,(H2,10,11);8-9H,2-7H2,1H3;;. The van der Waals surface area contributed by atoms with Gasteiger partial charge >= 0.3 is 29.6 Å². The predicted octanol–water partition coefficient (Wildman–Crippen LogP) is 4.21. The molecule has 0 radical (unpaired) electrons. The van der Waals surface area contributed by atoms with Gasteiger partial charge in [0, 0.05) is 11.3 Å². The van der Waals surface area contributed by atoms with Crippen LogP contribution in [0.2, 0.25) is 0 Å². The fourth-order valence-corrected chi connectivity index (χ4v) is 4.76. The van der Waals surface area contributed by atoms with Gasteiger partial charge in [-0.15, -0.1) is 0 Å². The van der Waals surface area contributed by atoms with Crippen LogP contribution in [-0.2, 0) is 0 Å². The molecular weight excluding hydrogens is 319 g/mol. The summed E-state index contributed by atoms with van der Waals surface area (Å²) in [6, 6.07) is 0.851. The van der Waals surface area contributed by atoms with Gasteiger partial charge < -0.3 is 11.1 Å². The van der Waals surface area contributed by atoms with Crippen molar-refractivity contribution in [1.82, 2.24) is 5.32 Å². The Morgan fingerprint density at radius 2 is 1.59 bits per heavy atom. The van der Waals surface area contributed by atoms with Crippen molar-refractivity contribution >= 4 is 57.9 Å². The summed E-state index contributed by atoms with van der Waals surface area (Å²) in [5, 5.41) is 4.11. The SMILES string of the molecule is CC(SC(N)=S)C1CCCCC1.CCNC1CCCCC1.[NaH]. The topological polar surface area (TPSA) is 38.0 Å². The second-order valence-electron chi connectivity index (χ2n) is 6.43. The van der Waals surface area contributed by atoms with E-state index < -0.39 is 0 Å². The van der Waals surface area contributed by atoms with Gasteiger partial charge in [0.15, 0.2) is 0 Å². The zero-order valence-electron chi connectivity index (χ0n) is 13.9. The molecule has 0 spiro atoms. The van der Waals surface area contributed by atoms with E-state index in [2.05, 4.69) is 19.2 Å². The van der Waals surface area contributed by atoms with Crippen LogP contribution in [0.15, 0.2) is 0 Å². The second kappa shape index (κ2) is 14.5.